The predicted molar refractivity (Wildman–Crippen MR) is 272 cm³/mol. The fourth-order valence-corrected chi connectivity index (χ4v) is 10.8. The maximum Gasteiger partial charge on any atom is 0.143 e. The van der Waals surface area contributed by atoms with Gasteiger partial charge in [0.2, 0.25) is 0 Å². The summed E-state index contributed by atoms with van der Waals surface area (Å²) in [5.74, 6) is 0. The Kier molecular flexibility index (Phi) is 8.47. The second-order valence-electron chi connectivity index (χ2n) is 17.2. The molecule has 0 amide bonds. The number of furan rings is 1. The van der Waals surface area contributed by atoms with Gasteiger partial charge in [0.25, 0.3) is 0 Å². The van der Waals surface area contributed by atoms with Crippen LogP contribution in [0.5, 0.6) is 0 Å². The van der Waals surface area contributed by atoms with E-state index in [9.17, 15) is 0 Å². The first-order valence-corrected chi connectivity index (χ1v) is 22.4. The molecule has 0 radical (unpaired) electrons. The quantitative estimate of drug-likeness (QED) is 0.159. The van der Waals surface area contributed by atoms with E-state index in [-0.39, 0.29) is 0 Å². The van der Waals surface area contributed by atoms with E-state index < -0.39 is 5.41 Å². The number of rotatable bonds is 7. The van der Waals surface area contributed by atoms with Crippen LogP contribution in [0.4, 0.5) is 17.1 Å². The van der Waals surface area contributed by atoms with Crippen molar-refractivity contribution in [3.05, 3.63) is 271 Å². The van der Waals surface area contributed by atoms with Crippen molar-refractivity contribution in [3.8, 4) is 33.4 Å². The zero-order valence-electron chi connectivity index (χ0n) is 35.5. The van der Waals surface area contributed by atoms with Crippen LogP contribution in [0.25, 0.3) is 76.9 Å². The van der Waals surface area contributed by atoms with Crippen molar-refractivity contribution >= 4 is 60.5 Å². The summed E-state index contributed by atoms with van der Waals surface area (Å²) in [5.41, 5.74) is 16.7. The maximum atomic E-state index is 6.60. The van der Waals surface area contributed by atoms with Crippen LogP contribution in [0.15, 0.2) is 253 Å². The van der Waals surface area contributed by atoms with Crippen molar-refractivity contribution in [2.75, 3.05) is 4.90 Å². The molecular formula is C63H41NO. The van der Waals surface area contributed by atoms with Gasteiger partial charge >= 0.3 is 0 Å². The van der Waals surface area contributed by atoms with Gasteiger partial charge in [0.1, 0.15) is 11.2 Å². The summed E-state index contributed by atoms with van der Waals surface area (Å²) < 4.78 is 6.60. The first kappa shape index (κ1) is 37.1. The number of para-hydroxylation sites is 2. The lowest BCUT2D eigenvalue weighted by Crippen LogP contribution is -2.28. The molecular weight excluding hydrogens is 787 g/mol. The predicted octanol–water partition coefficient (Wildman–Crippen LogP) is 17.1. The molecule has 12 aromatic rings. The van der Waals surface area contributed by atoms with Gasteiger partial charge in [-0.1, -0.05) is 200 Å². The van der Waals surface area contributed by atoms with Gasteiger partial charge in [-0.2, -0.15) is 0 Å². The van der Waals surface area contributed by atoms with Crippen LogP contribution in [-0.2, 0) is 5.41 Å². The topological polar surface area (TPSA) is 16.4 Å². The van der Waals surface area contributed by atoms with Crippen molar-refractivity contribution in [3.63, 3.8) is 0 Å². The molecule has 1 aromatic heterocycles. The average molecular weight is 828 g/mol. The molecule has 0 atom stereocenters. The molecule has 0 aliphatic heterocycles. The number of nitrogens with zero attached hydrogens (tertiary/aromatic N) is 1. The molecule has 65 heavy (non-hydrogen) atoms. The molecule has 0 saturated heterocycles. The number of hydrogen-bond acceptors (Lipinski definition) is 2. The lowest BCUT2D eigenvalue weighted by Gasteiger charge is -2.35. The van der Waals surface area contributed by atoms with E-state index in [0.717, 1.165) is 60.9 Å². The lowest BCUT2D eigenvalue weighted by molar-refractivity contribution is 0.672. The Morgan fingerprint density at radius 1 is 0.323 bits per heavy atom. The number of anilines is 3. The molecule has 1 heterocycles. The van der Waals surface area contributed by atoms with E-state index >= 15 is 0 Å². The minimum Gasteiger partial charge on any atom is -0.455 e. The van der Waals surface area contributed by atoms with Crippen LogP contribution in [0, 0.1) is 0 Å². The number of hydrogen-bond donors (Lipinski definition) is 0. The first-order chi connectivity index (χ1) is 32.2. The van der Waals surface area contributed by atoms with Crippen molar-refractivity contribution in [2.45, 2.75) is 5.41 Å². The van der Waals surface area contributed by atoms with Gasteiger partial charge in [-0.05, 0) is 115 Å². The molecule has 2 heteroatoms. The highest BCUT2D eigenvalue weighted by Gasteiger charge is 2.46. The second-order valence-corrected chi connectivity index (χ2v) is 17.2. The molecule has 0 bridgehead atoms. The Hall–Kier alpha value is -8.46. The fourth-order valence-electron chi connectivity index (χ4n) is 10.8. The largest absolute Gasteiger partial charge is 0.455 e. The van der Waals surface area contributed by atoms with Gasteiger partial charge < -0.3 is 9.32 Å². The Morgan fingerprint density at radius 3 is 1.72 bits per heavy atom. The highest BCUT2D eigenvalue weighted by molar-refractivity contribution is 6.15. The highest BCUT2D eigenvalue weighted by Crippen LogP contribution is 2.57. The van der Waals surface area contributed by atoms with E-state index in [1.54, 1.807) is 0 Å². The fraction of sp³-hybridized carbons (Fsp3) is 0.0159. The Labute approximate surface area is 377 Å². The molecule has 0 saturated carbocycles. The van der Waals surface area contributed by atoms with Gasteiger partial charge in [0.15, 0.2) is 0 Å². The smallest absolute Gasteiger partial charge is 0.143 e. The van der Waals surface area contributed by atoms with E-state index in [2.05, 4.69) is 248 Å². The van der Waals surface area contributed by atoms with Crippen LogP contribution in [0.3, 0.4) is 0 Å². The standard InChI is InChI=1S/C63H41NO/c1-3-18-46(19-4-1)63(47-20-5-2-6-21-47)58-27-12-9-24-53(58)54-39-37-49(41-59(54)63)64(48-35-32-43(33-36-48)51-26-15-17-42-16-7-8-22-50(42)51)60-28-13-10-23-52(60)45-31-30-44-34-38-56-55-25-11-14-29-61(55)65-62(56)57(44)40-45/h1-41H. The summed E-state index contributed by atoms with van der Waals surface area (Å²) in [6, 6.07) is 91.0. The van der Waals surface area contributed by atoms with Crippen molar-refractivity contribution in [1.29, 1.82) is 0 Å². The summed E-state index contributed by atoms with van der Waals surface area (Å²) in [6.07, 6.45) is 0. The molecule has 0 N–H and O–H groups in total. The molecule has 0 fully saturated rings. The molecule has 1 aliphatic carbocycles. The van der Waals surface area contributed by atoms with Gasteiger partial charge in [-0.3, -0.25) is 0 Å². The molecule has 11 aromatic carbocycles. The average Bonchev–Trinajstić information content (AvgIpc) is 3.91. The van der Waals surface area contributed by atoms with E-state index in [0.29, 0.717) is 0 Å². The SMILES string of the molecule is c1ccc(C2(c3ccccc3)c3ccccc3-c3ccc(N(c4ccc(-c5cccc6ccccc56)cc4)c4ccccc4-c4ccc5ccc6c7ccccc7oc6c5c4)cc32)cc1. The van der Waals surface area contributed by atoms with Gasteiger partial charge in [-0.15, -0.1) is 0 Å². The summed E-state index contributed by atoms with van der Waals surface area (Å²) in [5, 5.41) is 6.99. The van der Waals surface area contributed by atoms with Crippen LogP contribution < -0.4 is 4.90 Å². The van der Waals surface area contributed by atoms with Gasteiger partial charge in [0.05, 0.1) is 11.1 Å². The molecule has 1 aliphatic rings. The van der Waals surface area contributed by atoms with Crippen molar-refractivity contribution in [2.24, 2.45) is 0 Å². The molecule has 0 spiro atoms. The van der Waals surface area contributed by atoms with Gasteiger partial charge in [0, 0.05) is 33.1 Å². The Balaban J connectivity index is 1.05. The third-order valence-corrected chi connectivity index (χ3v) is 13.7. The van der Waals surface area contributed by atoms with Crippen molar-refractivity contribution in [1.82, 2.24) is 0 Å². The highest BCUT2D eigenvalue weighted by atomic mass is 16.3. The summed E-state index contributed by atoms with van der Waals surface area (Å²) in [4.78, 5) is 2.46. The number of fused-ring (bicyclic) bond motifs is 9. The molecule has 304 valence electrons. The first-order valence-electron chi connectivity index (χ1n) is 22.4. The Morgan fingerprint density at radius 2 is 0.908 bits per heavy atom. The summed E-state index contributed by atoms with van der Waals surface area (Å²) in [6.45, 7) is 0. The third kappa shape index (κ3) is 5.74. The second kappa shape index (κ2) is 14.8. The summed E-state index contributed by atoms with van der Waals surface area (Å²) in [7, 11) is 0. The van der Waals surface area contributed by atoms with Crippen LogP contribution in [-0.4, -0.2) is 0 Å². The van der Waals surface area contributed by atoms with E-state index in [1.165, 1.54) is 55.3 Å². The van der Waals surface area contributed by atoms with Crippen LogP contribution >= 0.6 is 0 Å². The lowest BCUT2D eigenvalue weighted by atomic mass is 9.67. The maximum absolute atomic E-state index is 6.60. The van der Waals surface area contributed by atoms with E-state index in [4.69, 9.17) is 4.42 Å². The molecule has 13 rings (SSSR count). The monoisotopic (exact) mass is 827 g/mol. The molecule has 2 nitrogen and oxygen atoms in total. The van der Waals surface area contributed by atoms with Crippen molar-refractivity contribution < 1.29 is 4.42 Å². The van der Waals surface area contributed by atoms with Crippen LogP contribution in [0.2, 0.25) is 0 Å². The zero-order chi connectivity index (χ0) is 42.9. The van der Waals surface area contributed by atoms with E-state index in [1.807, 2.05) is 6.07 Å². The third-order valence-electron chi connectivity index (χ3n) is 13.7. The molecule has 0 unspecified atom stereocenters. The number of benzene rings is 11. The minimum absolute atomic E-state index is 0.538. The summed E-state index contributed by atoms with van der Waals surface area (Å²) >= 11 is 0. The minimum atomic E-state index is -0.538. The van der Waals surface area contributed by atoms with Crippen LogP contribution in [0.1, 0.15) is 22.3 Å². The zero-order valence-corrected chi connectivity index (χ0v) is 35.5. The normalized spacial score (nSPS) is 12.7. The Bertz CT molecular complexity index is 3730. The van der Waals surface area contributed by atoms with Gasteiger partial charge in [-0.25, -0.2) is 0 Å².